The monoisotopic (exact) mass is 342 g/mol. The third-order valence-corrected chi connectivity index (χ3v) is 3.72. The van der Waals surface area contributed by atoms with Gasteiger partial charge in [-0.3, -0.25) is 14.5 Å². The number of phenols is 1. The maximum Gasteiger partial charge on any atom is 0.256 e. The quantitative estimate of drug-likeness (QED) is 0.746. The Morgan fingerprint density at radius 3 is 2.88 bits per heavy atom. The number of carbonyl (C=O) groups excluding carboxylic acids is 1. The summed E-state index contributed by atoms with van der Waals surface area (Å²) in [6.07, 6.45) is 4.30. The standard InChI is InChI=1S/C17H15ClN4O2/c18-14-11-12(4-5-15(14)23)17(24)20-16-7-10-22(21-16)9-6-13-3-1-2-8-19-13/h1-5,7-8,10-11,23H,6,9H2,(H,20,21,24). The fourth-order valence-electron chi connectivity index (χ4n) is 2.16. The number of aryl methyl sites for hydroxylation is 2. The van der Waals surface area contributed by atoms with Gasteiger partial charge in [-0.2, -0.15) is 5.10 Å². The zero-order valence-electron chi connectivity index (χ0n) is 12.7. The fourth-order valence-corrected chi connectivity index (χ4v) is 2.35. The van der Waals surface area contributed by atoms with E-state index < -0.39 is 0 Å². The molecular formula is C17H15ClN4O2. The van der Waals surface area contributed by atoms with Crippen molar-refractivity contribution < 1.29 is 9.90 Å². The van der Waals surface area contributed by atoms with E-state index in [-0.39, 0.29) is 16.7 Å². The highest BCUT2D eigenvalue weighted by atomic mass is 35.5. The Morgan fingerprint density at radius 2 is 2.12 bits per heavy atom. The summed E-state index contributed by atoms with van der Waals surface area (Å²) in [4.78, 5) is 16.4. The molecule has 0 fully saturated rings. The Morgan fingerprint density at radius 1 is 1.25 bits per heavy atom. The van der Waals surface area contributed by atoms with Crippen molar-refractivity contribution in [2.45, 2.75) is 13.0 Å². The zero-order valence-corrected chi connectivity index (χ0v) is 13.4. The van der Waals surface area contributed by atoms with E-state index in [1.54, 1.807) is 23.1 Å². The molecule has 1 aromatic carbocycles. The predicted octanol–water partition coefficient (Wildman–Crippen LogP) is 3.13. The van der Waals surface area contributed by atoms with Crippen LogP contribution in [0.1, 0.15) is 16.1 Å². The Bertz CT molecular complexity index is 849. The normalized spacial score (nSPS) is 10.5. The number of nitrogens with zero attached hydrogens (tertiary/aromatic N) is 3. The third kappa shape index (κ3) is 3.91. The molecular weight excluding hydrogens is 328 g/mol. The average Bonchev–Trinajstić information content (AvgIpc) is 3.04. The van der Waals surface area contributed by atoms with Crippen molar-refractivity contribution in [1.29, 1.82) is 0 Å². The number of nitrogens with one attached hydrogen (secondary N) is 1. The highest BCUT2D eigenvalue weighted by Gasteiger charge is 2.10. The second-order valence-electron chi connectivity index (χ2n) is 5.16. The molecule has 24 heavy (non-hydrogen) atoms. The summed E-state index contributed by atoms with van der Waals surface area (Å²) >= 11 is 5.81. The number of pyridine rings is 1. The van der Waals surface area contributed by atoms with Crippen molar-refractivity contribution in [2.75, 3.05) is 5.32 Å². The molecule has 1 amide bonds. The molecule has 0 radical (unpaired) electrons. The number of anilines is 1. The van der Waals surface area contributed by atoms with Crippen LogP contribution in [0.25, 0.3) is 0 Å². The van der Waals surface area contributed by atoms with E-state index in [4.69, 9.17) is 11.6 Å². The van der Waals surface area contributed by atoms with Crippen LogP contribution in [-0.4, -0.2) is 25.8 Å². The first kappa shape index (κ1) is 16.0. The van der Waals surface area contributed by atoms with E-state index in [9.17, 15) is 9.90 Å². The Kier molecular flexibility index (Phi) is 4.77. The van der Waals surface area contributed by atoms with Gasteiger partial charge in [0, 0.05) is 42.7 Å². The maximum atomic E-state index is 12.2. The number of halogens is 1. The van der Waals surface area contributed by atoms with E-state index in [0.29, 0.717) is 17.9 Å². The van der Waals surface area contributed by atoms with Crippen LogP contribution < -0.4 is 5.32 Å². The molecule has 0 saturated carbocycles. The van der Waals surface area contributed by atoms with Crippen LogP contribution in [-0.2, 0) is 13.0 Å². The van der Waals surface area contributed by atoms with Crippen molar-refractivity contribution in [3.63, 3.8) is 0 Å². The molecule has 7 heteroatoms. The van der Waals surface area contributed by atoms with E-state index in [2.05, 4.69) is 15.4 Å². The summed E-state index contributed by atoms with van der Waals surface area (Å²) in [5.41, 5.74) is 1.33. The van der Waals surface area contributed by atoms with Gasteiger partial charge in [0.15, 0.2) is 5.82 Å². The van der Waals surface area contributed by atoms with Crippen LogP contribution in [0.2, 0.25) is 5.02 Å². The SMILES string of the molecule is O=C(Nc1ccn(CCc2ccccn2)n1)c1ccc(O)c(Cl)c1. The van der Waals surface area contributed by atoms with E-state index in [0.717, 1.165) is 12.1 Å². The number of benzene rings is 1. The molecule has 2 heterocycles. The molecule has 3 aromatic rings. The van der Waals surface area contributed by atoms with Crippen molar-refractivity contribution in [3.05, 3.63) is 71.1 Å². The van der Waals surface area contributed by atoms with Crippen LogP contribution in [0.4, 0.5) is 5.82 Å². The number of aromatic nitrogens is 3. The van der Waals surface area contributed by atoms with E-state index >= 15 is 0 Å². The maximum absolute atomic E-state index is 12.2. The third-order valence-electron chi connectivity index (χ3n) is 3.42. The second kappa shape index (κ2) is 7.14. The number of carbonyl (C=O) groups is 1. The van der Waals surface area contributed by atoms with Gasteiger partial charge in [-0.1, -0.05) is 17.7 Å². The smallest absolute Gasteiger partial charge is 0.256 e. The van der Waals surface area contributed by atoms with Crippen molar-refractivity contribution in [3.8, 4) is 5.75 Å². The fraction of sp³-hybridized carbons (Fsp3) is 0.118. The van der Waals surface area contributed by atoms with Crippen molar-refractivity contribution in [2.24, 2.45) is 0 Å². The lowest BCUT2D eigenvalue weighted by Crippen LogP contribution is -2.13. The summed E-state index contributed by atoms with van der Waals surface area (Å²) in [5, 5.41) is 16.5. The van der Waals surface area contributed by atoms with Gasteiger partial charge in [0.05, 0.1) is 5.02 Å². The molecule has 2 aromatic heterocycles. The van der Waals surface area contributed by atoms with Crippen molar-refractivity contribution in [1.82, 2.24) is 14.8 Å². The molecule has 6 nitrogen and oxygen atoms in total. The summed E-state index contributed by atoms with van der Waals surface area (Å²) in [6.45, 7) is 0.665. The average molecular weight is 343 g/mol. The summed E-state index contributed by atoms with van der Waals surface area (Å²) in [7, 11) is 0. The van der Waals surface area contributed by atoms with Crippen LogP contribution in [0.3, 0.4) is 0 Å². The molecule has 0 aliphatic rings. The minimum atomic E-state index is -0.341. The minimum Gasteiger partial charge on any atom is -0.506 e. The summed E-state index contributed by atoms with van der Waals surface area (Å²) < 4.78 is 1.74. The molecule has 2 N–H and O–H groups in total. The molecule has 0 atom stereocenters. The molecule has 0 aliphatic heterocycles. The van der Waals surface area contributed by atoms with Gasteiger partial charge < -0.3 is 10.4 Å². The molecule has 0 unspecified atom stereocenters. The molecule has 0 aliphatic carbocycles. The van der Waals surface area contributed by atoms with Crippen molar-refractivity contribution >= 4 is 23.3 Å². The van der Waals surface area contributed by atoms with Crippen LogP contribution >= 0.6 is 11.6 Å². The lowest BCUT2D eigenvalue weighted by atomic mass is 10.2. The zero-order chi connectivity index (χ0) is 16.9. The van der Waals surface area contributed by atoms with Crippen LogP contribution in [0.5, 0.6) is 5.75 Å². The summed E-state index contributed by atoms with van der Waals surface area (Å²) in [5.74, 6) is 0.0455. The Labute approximate surface area is 143 Å². The van der Waals surface area contributed by atoms with Crippen LogP contribution in [0.15, 0.2) is 54.9 Å². The van der Waals surface area contributed by atoms with Gasteiger partial charge in [0.1, 0.15) is 5.75 Å². The second-order valence-corrected chi connectivity index (χ2v) is 5.56. The molecule has 122 valence electrons. The van der Waals surface area contributed by atoms with Gasteiger partial charge in [0.25, 0.3) is 5.91 Å². The first-order valence-electron chi connectivity index (χ1n) is 7.35. The van der Waals surface area contributed by atoms with Gasteiger partial charge in [-0.05, 0) is 30.3 Å². The Balaban J connectivity index is 1.61. The Hall–Kier alpha value is -2.86. The van der Waals surface area contributed by atoms with Gasteiger partial charge in [-0.25, -0.2) is 0 Å². The largest absolute Gasteiger partial charge is 0.506 e. The highest BCUT2D eigenvalue weighted by Crippen LogP contribution is 2.24. The van der Waals surface area contributed by atoms with Gasteiger partial charge in [0.2, 0.25) is 0 Å². The molecule has 0 saturated heterocycles. The first-order chi connectivity index (χ1) is 11.6. The van der Waals surface area contributed by atoms with Crippen LogP contribution in [0, 0.1) is 0 Å². The number of phenolic OH excluding ortho intramolecular Hbond substituents is 1. The first-order valence-corrected chi connectivity index (χ1v) is 7.73. The van der Waals surface area contributed by atoms with E-state index in [1.165, 1.54) is 18.2 Å². The predicted molar refractivity (Wildman–Crippen MR) is 91.2 cm³/mol. The minimum absolute atomic E-state index is 0.0629. The topological polar surface area (TPSA) is 80.0 Å². The number of hydrogen-bond acceptors (Lipinski definition) is 4. The number of amides is 1. The lowest BCUT2D eigenvalue weighted by molar-refractivity contribution is 0.102. The highest BCUT2D eigenvalue weighted by molar-refractivity contribution is 6.32. The molecule has 3 rings (SSSR count). The van der Waals surface area contributed by atoms with E-state index in [1.807, 2.05) is 18.2 Å². The molecule has 0 spiro atoms. The van der Waals surface area contributed by atoms with Gasteiger partial charge in [-0.15, -0.1) is 0 Å². The number of aromatic hydroxyl groups is 1. The summed E-state index contributed by atoms with van der Waals surface area (Å²) in [6, 6.07) is 11.8. The van der Waals surface area contributed by atoms with Gasteiger partial charge >= 0.3 is 0 Å². The lowest BCUT2D eigenvalue weighted by Gasteiger charge is -2.04. The number of rotatable bonds is 5. The molecule has 0 bridgehead atoms. The number of hydrogen-bond donors (Lipinski definition) is 2.